The number of aryl methyl sites for hydroxylation is 2. The Labute approximate surface area is 155 Å². The Balaban J connectivity index is 1.73. The van der Waals surface area contributed by atoms with Crippen molar-refractivity contribution in [3.8, 4) is 11.3 Å². The summed E-state index contributed by atoms with van der Waals surface area (Å²) in [6.07, 6.45) is 4.92. The number of benzene rings is 2. The Bertz CT molecular complexity index is 1090. The SMILES string of the molecule is O=S(=O)(Nc1ccccc1-c1cn2c(n1)CCCC2)c1cc(F)ccc1F. The highest BCUT2D eigenvalue weighted by molar-refractivity contribution is 7.92. The maximum atomic E-state index is 13.9. The minimum atomic E-state index is -4.30. The van der Waals surface area contributed by atoms with Gasteiger partial charge in [-0.2, -0.15) is 0 Å². The average Bonchev–Trinajstić information content (AvgIpc) is 3.07. The van der Waals surface area contributed by atoms with Crippen molar-refractivity contribution in [1.29, 1.82) is 0 Å². The van der Waals surface area contributed by atoms with Crippen molar-refractivity contribution in [2.75, 3.05) is 4.72 Å². The lowest BCUT2D eigenvalue weighted by Gasteiger charge is -2.12. The zero-order chi connectivity index (χ0) is 19.0. The van der Waals surface area contributed by atoms with Crippen molar-refractivity contribution >= 4 is 15.7 Å². The zero-order valence-electron chi connectivity index (χ0n) is 14.3. The number of rotatable bonds is 4. The first kappa shape index (κ1) is 17.7. The Hall–Kier alpha value is -2.74. The summed E-state index contributed by atoms with van der Waals surface area (Å²) in [5.74, 6) is -0.879. The van der Waals surface area contributed by atoms with E-state index in [1.54, 1.807) is 24.3 Å². The van der Waals surface area contributed by atoms with Crippen LogP contribution >= 0.6 is 0 Å². The predicted octanol–water partition coefficient (Wildman–Crippen LogP) is 3.97. The maximum Gasteiger partial charge on any atom is 0.264 e. The standard InChI is InChI=1S/C19H17F2N3O2S/c20-13-8-9-15(21)18(11-13)27(25,26)23-16-6-2-1-5-14(16)17-12-24-10-4-3-7-19(24)22-17/h1-2,5-6,8-9,11-12,23H,3-4,7,10H2. The highest BCUT2D eigenvalue weighted by Crippen LogP contribution is 2.31. The molecule has 2 heterocycles. The zero-order valence-corrected chi connectivity index (χ0v) is 15.1. The summed E-state index contributed by atoms with van der Waals surface area (Å²) in [6, 6.07) is 9.08. The van der Waals surface area contributed by atoms with Crippen LogP contribution in [0.5, 0.6) is 0 Å². The van der Waals surface area contributed by atoms with Crippen LogP contribution in [0.4, 0.5) is 14.5 Å². The number of nitrogens with zero attached hydrogens (tertiary/aromatic N) is 2. The minimum absolute atomic E-state index is 0.261. The molecule has 1 N–H and O–H groups in total. The second-order valence-electron chi connectivity index (χ2n) is 6.42. The quantitative estimate of drug-likeness (QED) is 0.735. The molecule has 0 atom stereocenters. The molecule has 0 radical (unpaired) electrons. The van der Waals surface area contributed by atoms with Gasteiger partial charge in [0.15, 0.2) is 0 Å². The van der Waals surface area contributed by atoms with Crippen LogP contribution in [0.1, 0.15) is 18.7 Å². The number of nitrogens with one attached hydrogen (secondary N) is 1. The van der Waals surface area contributed by atoms with Gasteiger partial charge < -0.3 is 4.57 Å². The number of para-hydroxylation sites is 1. The van der Waals surface area contributed by atoms with Crippen LogP contribution in [0.3, 0.4) is 0 Å². The Morgan fingerprint density at radius 2 is 1.89 bits per heavy atom. The normalized spacial score (nSPS) is 14.0. The van der Waals surface area contributed by atoms with Crippen LogP contribution < -0.4 is 4.72 Å². The van der Waals surface area contributed by atoms with Crippen LogP contribution in [-0.2, 0) is 23.0 Å². The highest BCUT2D eigenvalue weighted by atomic mass is 32.2. The third kappa shape index (κ3) is 3.44. The molecule has 0 saturated heterocycles. The van der Waals surface area contributed by atoms with E-state index in [4.69, 9.17) is 0 Å². The van der Waals surface area contributed by atoms with Gasteiger partial charge in [-0.15, -0.1) is 0 Å². The molecule has 0 amide bonds. The van der Waals surface area contributed by atoms with Gasteiger partial charge in [0.2, 0.25) is 0 Å². The lowest BCUT2D eigenvalue weighted by Crippen LogP contribution is -2.15. The van der Waals surface area contributed by atoms with Crippen LogP contribution in [-0.4, -0.2) is 18.0 Å². The van der Waals surface area contributed by atoms with E-state index in [-0.39, 0.29) is 5.69 Å². The smallest absolute Gasteiger partial charge is 0.264 e. The number of anilines is 1. The van der Waals surface area contributed by atoms with Gasteiger partial charge in [0.05, 0.1) is 11.4 Å². The van der Waals surface area contributed by atoms with Crippen molar-refractivity contribution in [2.45, 2.75) is 30.7 Å². The Morgan fingerprint density at radius 3 is 2.70 bits per heavy atom. The van der Waals surface area contributed by atoms with Crippen molar-refractivity contribution in [3.63, 3.8) is 0 Å². The monoisotopic (exact) mass is 389 g/mol. The molecule has 0 fully saturated rings. The number of hydrogen-bond donors (Lipinski definition) is 1. The van der Waals surface area contributed by atoms with Gasteiger partial charge in [0, 0.05) is 24.7 Å². The fraction of sp³-hybridized carbons (Fsp3) is 0.211. The molecule has 5 nitrogen and oxygen atoms in total. The maximum absolute atomic E-state index is 13.9. The summed E-state index contributed by atoms with van der Waals surface area (Å²) in [4.78, 5) is 3.88. The van der Waals surface area contributed by atoms with Crippen molar-refractivity contribution < 1.29 is 17.2 Å². The number of sulfonamides is 1. The van der Waals surface area contributed by atoms with Gasteiger partial charge in [-0.1, -0.05) is 18.2 Å². The first-order valence-electron chi connectivity index (χ1n) is 8.57. The molecule has 0 bridgehead atoms. The van der Waals surface area contributed by atoms with Crippen LogP contribution in [0.15, 0.2) is 53.6 Å². The third-order valence-electron chi connectivity index (χ3n) is 4.54. The number of hydrogen-bond acceptors (Lipinski definition) is 3. The van der Waals surface area contributed by atoms with Crippen LogP contribution in [0.25, 0.3) is 11.3 Å². The van der Waals surface area contributed by atoms with Gasteiger partial charge in [-0.25, -0.2) is 22.2 Å². The van der Waals surface area contributed by atoms with Gasteiger partial charge in [-0.05, 0) is 37.1 Å². The number of imidazole rings is 1. The molecule has 0 unspecified atom stereocenters. The van der Waals surface area contributed by atoms with E-state index in [1.807, 2.05) is 6.20 Å². The van der Waals surface area contributed by atoms with E-state index in [9.17, 15) is 17.2 Å². The fourth-order valence-corrected chi connectivity index (χ4v) is 4.39. The largest absolute Gasteiger partial charge is 0.334 e. The first-order valence-corrected chi connectivity index (χ1v) is 10.1. The molecule has 8 heteroatoms. The summed E-state index contributed by atoms with van der Waals surface area (Å²) in [5.41, 5.74) is 1.49. The third-order valence-corrected chi connectivity index (χ3v) is 5.92. The molecule has 3 aromatic rings. The summed E-state index contributed by atoms with van der Waals surface area (Å²) >= 11 is 0. The molecule has 27 heavy (non-hydrogen) atoms. The van der Waals surface area contributed by atoms with Crippen molar-refractivity contribution in [1.82, 2.24) is 9.55 Å². The minimum Gasteiger partial charge on any atom is -0.334 e. The topological polar surface area (TPSA) is 64.0 Å². The first-order chi connectivity index (χ1) is 12.9. The second-order valence-corrected chi connectivity index (χ2v) is 8.07. The lowest BCUT2D eigenvalue weighted by molar-refractivity contribution is 0.522. The molecule has 1 aromatic heterocycles. The second kappa shape index (κ2) is 6.77. The fourth-order valence-electron chi connectivity index (χ4n) is 3.22. The van der Waals surface area contributed by atoms with Gasteiger partial charge in [0.1, 0.15) is 22.4 Å². The Kier molecular flexibility index (Phi) is 4.43. The average molecular weight is 389 g/mol. The molecule has 140 valence electrons. The summed E-state index contributed by atoms with van der Waals surface area (Å²) < 4.78 is 57.0. The lowest BCUT2D eigenvalue weighted by atomic mass is 10.1. The van der Waals surface area contributed by atoms with Crippen LogP contribution in [0, 0.1) is 11.6 Å². The van der Waals surface area contributed by atoms with Crippen molar-refractivity contribution in [3.05, 3.63) is 66.1 Å². The molecule has 4 rings (SSSR count). The summed E-state index contributed by atoms with van der Waals surface area (Å²) in [6.45, 7) is 0.880. The summed E-state index contributed by atoms with van der Waals surface area (Å²) in [5, 5.41) is 0. The molecular formula is C19H17F2N3O2S. The molecule has 1 aliphatic rings. The van der Waals surface area contributed by atoms with E-state index in [0.717, 1.165) is 43.8 Å². The number of halogens is 2. The molecule has 0 saturated carbocycles. The molecule has 1 aliphatic heterocycles. The molecule has 0 spiro atoms. The van der Waals surface area contributed by atoms with Gasteiger partial charge in [0.25, 0.3) is 10.0 Å². The van der Waals surface area contributed by atoms with E-state index in [0.29, 0.717) is 17.3 Å². The predicted molar refractivity (Wildman–Crippen MR) is 97.8 cm³/mol. The van der Waals surface area contributed by atoms with E-state index in [1.165, 1.54) is 0 Å². The number of aromatic nitrogens is 2. The van der Waals surface area contributed by atoms with Crippen LogP contribution in [0.2, 0.25) is 0 Å². The highest BCUT2D eigenvalue weighted by Gasteiger charge is 2.22. The summed E-state index contributed by atoms with van der Waals surface area (Å²) in [7, 11) is -4.30. The van der Waals surface area contributed by atoms with E-state index < -0.39 is 26.6 Å². The van der Waals surface area contributed by atoms with E-state index in [2.05, 4.69) is 14.3 Å². The Morgan fingerprint density at radius 1 is 1.07 bits per heavy atom. The van der Waals surface area contributed by atoms with E-state index >= 15 is 0 Å². The van der Waals surface area contributed by atoms with Gasteiger partial charge in [-0.3, -0.25) is 4.72 Å². The molecule has 2 aromatic carbocycles. The molecular weight excluding hydrogens is 372 g/mol. The van der Waals surface area contributed by atoms with Crippen molar-refractivity contribution in [2.24, 2.45) is 0 Å². The molecule has 0 aliphatic carbocycles. The van der Waals surface area contributed by atoms with Gasteiger partial charge >= 0.3 is 0 Å². The number of fused-ring (bicyclic) bond motifs is 1.